The highest BCUT2D eigenvalue weighted by Crippen LogP contribution is 2.29. The summed E-state index contributed by atoms with van der Waals surface area (Å²) in [6, 6.07) is 3.74. The van der Waals surface area contributed by atoms with Crippen molar-refractivity contribution < 1.29 is 22.7 Å². The molecular weight excluding hydrogens is 330 g/mol. The van der Waals surface area contributed by atoms with Crippen molar-refractivity contribution in [3.8, 4) is 0 Å². The molecule has 1 aromatic carbocycles. The van der Waals surface area contributed by atoms with E-state index in [0.29, 0.717) is 6.61 Å². The summed E-state index contributed by atoms with van der Waals surface area (Å²) in [5.41, 5.74) is 0.204. The van der Waals surface area contributed by atoms with Crippen LogP contribution in [0.15, 0.2) is 23.1 Å². The third-order valence-corrected chi connectivity index (χ3v) is 5.95. The summed E-state index contributed by atoms with van der Waals surface area (Å²) in [6.07, 6.45) is -0.181. The van der Waals surface area contributed by atoms with Gasteiger partial charge in [0.15, 0.2) is 0 Å². The van der Waals surface area contributed by atoms with Gasteiger partial charge < -0.3 is 9.47 Å². The van der Waals surface area contributed by atoms with E-state index in [9.17, 15) is 13.2 Å². The fraction of sp³-hybridized carbons (Fsp3) is 0.500. The van der Waals surface area contributed by atoms with Crippen LogP contribution in [0.2, 0.25) is 5.02 Å². The molecule has 8 heteroatoms. The Balaban J connectivity index is 2.39. The number of benzene rings is 1. The number of carbonyl (C=O) groups is 1. The summed E-state index contributed by atoms with van der Waals surface area (Å²) >= 11 is 6.07. The molecular formula is C14H18ClNO5S. The third kappa shape index (κ3) is 3.27. The van der Waals surface area contributed by atoms with Gasteiger partial charge in [-0.05, 0) is 32.0 Å². The first-order valence-electron chi connectivity index (χ1n) is 6.78. The predicted molar refractivity (Wildman–Crippen MR) is 81.6 cm³/mol. The lowest BCUT2D eigenvalue weighted by Crippen LogP contribution is -2.50. The molecule has 122 valence electrons. The van der Waals surface area contributed by atoms with E-state index in [1.807, 2.05) is 6.92 Å². The normalized spacial score (nSPS) is 23.3. The summed E-state index contributed by atoms with van der Waals surface area (Å²) < 4.78 is 37.0. The standard InChI is InChI=1S/C14H18ClNO5S/c1-9-8-21-10(2)7-16(9)22(18,19)13-5-4-11(6-12(13)15)14(17)20-3/h4-6,9-10H,7-8H2,1-3H3/t9-,10+/m1/s1. The summed E-state index contributed by atoms with van der Waals surface area (Å²) in [4.78, 5) is 11.4. The van der Waals surface area contributed by atoms with E-state index < -0.39 is 16.0 Å². The van der Waals surface area contributed by atoms with Gasteiger partial charge in [-0.2, -0.15) is 4.31 Å². The van der Waals surface area contributed by atoms with E-state index in [4.69, 9.17) is 16.3 Å². The van der Waals surface area contributed by atoms with Gasteiger partial charge in [-0.3, -0.25) is 0 Å². The Morgan fingerprint density at radius 2 is 2.09 bits per heavy atom. The van der Waals surface area contributed by atoms with Gasteiger partial charge in [0.2, 0.25) is 10.0 Å². The molecule has 2 atom stereocenters. The fourth-order valence-corrected chi connectivity index (χ4v) is 4.50. The summed E-state index contributed by atoms with van der Waals surface area (Å²) in [5.74, 6) is -0.570. The minimum absolute atomic E-state index is 0.00533. The van der Waals surface area contributed by atoms with Crippen molar-refractivity contribution >= 4 is 27.6 Å². The average Bonchev–Trinajstić information content (AvgIpc) is 2.48. The smallest absolute Gasteiger partial charge is 0.337 e. The zero-order chi connectivity index (χ0) is 16.5. The molecule has 1 fully saturated rings. The topological polar surface area (TPSA) is 72.9 Å². The molecule has 0 aromatic heterocycles. The van der Waals surface area contributed by atoms with E-state index in [1.54, 1.807) is 6.92 Å². The Morgan fingerprint density at radius 3 is 2.68 bits per heavy atom. The molecule has 1 saturated heterocycles. The molecule has 0 N–H and O–H groups in total. The van der Waals surface area contributed by atoms with Crippen molar-refractivity contribution in [1.29, 1.82) is 0 Å². The van der Waals surface area contributed by atoms with E-state index in [1.165, 1.54) is 29.6 Å². The number of hydrogen-bond acceptors (Lipinski definition) is 5. The van der Waals surface area contributed by atoms with Gasteiger partial charge in [-0.15, -0.1) is 0 Å². The molecule has 0 aliphatic carbocycles. The van der Waals surface area contributed by atoms with Crippen molar-refractivity contribution in [3.05, 3.63) is 28.8 Å². The zero-order valence-electron chi connectivity index (χ0n) is 12.6. The third-order valence-electron chi connectivity index (χ3n) is 3.49. The molecule has 0 amide bonds. The lowest BCUT2D eigenvalue weighted by atomic mass is 10.2. The number of ether oxygens (including phenoxy) is 2. The maximum Gasteiger partial charge on any atom is 0.337 e. The van der Waals surface area contributed by atoms with Crippen LogP contribution in [0.3, 0.4) is 0 Å². The molecule has 0 radical (unpaired) electrons. The lowest BCUT2D eigenvalue weighted by molar-refractivity contribution is -0.0170. The largest absolute Gasteiger partial charge is 0.465 e. The number of morpholine rings is 1. The van der Waals surface area contributed by atoms with Crippen LogP contribution in [0.4, 0.5) is 0 Å². The summed E-state index contributed by atoms with van der Waals surface area (Å²) in [6.45, 7) is 4.19. The van der Waals surface area contributed by atoms with Crippen LogP contribution < -0.4 is 0 Å². The molecule has 1 aliphatic heterocycles. The van der Waals surface area contributed by atoms with Crippen molar-refractivity contribution in [1.82, 2.24) is 4.31 Å². The maximum absolute atomic E-state index is 12.8. The predicted octanol–water partition coefficient (Wildman–Crippen LogP) is 1.92. The maximum atomic E-state index is 12.8. The van der Waals surface area contributed by atoms with Crippen LogP contribution in [0.1, 0.15) is 24.2 Å². The molecule has 0 unspecified atom stereocenters. The second-order valence-corrected chi connectivity index (χ2v) is 7.47. The monoisotopic (exact) mass is 347 g/mol. The van der Waals surface area contributed by atoms with Gasteiger partial charge in [0, 0.05) is 12.6 Å². The van der Waals surface area contributed by atoms with Gasteiger partial charge in [-0.25, -0.2) is 13.2 Å². The lowest BCUT2D eigenvalue weighted by Gasteiger charge is -2.35. The van der Waals surface area contributed by atoms with Gasteiger partial charge in [0.25, 0.3) is 0 Å². The average molecular weight is 348 g/mol. The summed E-state index contributed by atoms with van der Waals surface area (Å²) in [5, 5.41) is -0.00533. The minimum Gasteiger partial charge on any atom is -0.465 e. The van der Waals surface area contributed by atoms with Crippen LogP contribution >= 0.6 is 11.6 Å². The molecule has 2 rings (SSSR count). The SMILES string of the molecule is COC(=O)c1ccc(S(=O)(=O)N2C[C@H](C)OC[C@H]2C)c(Cl)c1. The fourth-order valence-electron chi connectivity index (χ4n) is 2.29. The first-order chi connectivity index (χ1) is 10.3. The second-order valence-electron chi connectivity index (χ2n) is 5.20. The van der Waals surface area contributed by atoms with Crippen LogP contribution in [0, 0.1) is 0 Å². The van der Waals surface area contributed by atoms with Crippen LogP contribution in [0.25, 0.3) is 0 Å². The first-order valence-corrected chi connectivity index (χ1v) is 8.60. The highest BCUT2D eigenvalue weighted by molar-refractivity contribution is 7.89. The van der Waals surface area contributed by atoms with Crippen molar-refractivity contribution in [2.75, 3.05) is 20.3 Å². The Labute approximate surface area is 135 Å². The van der Waals surface area contributed by atoms with Crippen molar-refractivity contribution in [3.63, 3.8) is 0 Å². The number of rotatable bonds is 3. The van der Waals surface area contributed by atoms with E-state index >= 15 is 0 Å². The number of halogens is 1. The minimum atomic E-state index is -3.75. The number of sulfonamides is 1. The van der Waals surface area contributed by atoms with Gasteiger partial charge in [0.1, 0.15) is 4.90 Å². The Kier molecular flexibility index (Phi) is 5.11. The highest BCUT2D eigenvalue weighted by atomic mass is 35.5. The van der Waals surface area contributed by atoms with Crippen molar-refractivity contribution in [2.24, 2.45) is 0 Å². The summed E-state index contributed by atoms with van der Waals surface area (Å²) in [7, 11) is -2.51. The molecule has 1 aliphatic rings. The zero-order valence-corrected chi connectivity index (χ0v) is 14.1. The molecule has 0 spiro atoms. The number of esters is 1. The van der Waals surface area contributed by atoms with Gasteiger partial charge >= 0.3 is 5.97 Å². The van der Waals surface area contributed by atoms with Crippen LogP contribution in [-0.4, -0.2) is 51.1 Å². The second kappa shape index (κ2) is 6.54. The molecule has 1 aromatic rings. The van der Waals surface area contributed by atoms with E-state index in [-0.39, 0.29) is 34.2 Å². The Hall–Kier alpha value is -1.15. The number of carbonyl (C=O) groups excluding carboxylic acids is 1. The quantitative estimate of drug-likeness (QED) is 0.781. The van der Waals surface area contributed by atoms with E-state index in [2.05, 4.69) is 4.74 Å². The number of nitrogens with zero attached hydrogens (tertiary/aromatic N) is 1. The van der Waals surface area contributed by atoms with Crippen LogP contribution in [-0.2, 0) is 19.5 Å². The molecule has 0 saturated carbocycles. The highest BCUT2D eigenvalue weighted by Gasteiger charge is 2.35. The van der Waals surface area contributed by atoms with E-state index in [0.717, 1.165) is 0 Å². The van der Waals surface area contributed by atoms with Crippen molar-refractivity contribution in [2.45, 2.75) is 30.9 Å². The first kappa shape index (κ1) is 17.2. The number of hydrogen-bond donors (Lipinski definition) is 0. The molecule has 6 nitrogen and oxygen atoms in total. The molecule has 22 heavy (non-hydrogen) atoms. The van der Waals surface area contributed by atoms with Gasteiger partial charge in [0.05, 0.1) is 30.4 Å². The molecule has 1 heterocycles. The van der Waals surface area contributed by atoms with Crippen LogP contribution in [0.5, 0.6) is 0 Å². The van der Waals surface area contributed by atoms with Gasteiger partial charge in [-0.1, -0.05) is 11.6 Å². The number of methoxy groups -OCH3 is 1. The molecule has 0 bridgehead atoms. The Morgan fingerprint density at radius 1 is 1.41 bits per heavy atom. The Bertz CT molecular complexity index is 676.